The zero-order valence-electron chi connectivity index (χ0n) is 12.7. The molecule has 0 aliphatic heterocycles. The summed E-state index contributed by atoms with van der Waals surface area (Å²) >= 11 is 0. The molecule has 4 heteroatoms. The van der Waals surface area contributed by atoms with E-state index in [-0.39, 0.29) is 11.3 Å². The first-order chi connectivity index (χ1) is 10.1. The molecule has 3 N–H and O–H groups in total. The Morgan fingerprint density at radius 3 is 2.33 bits per heavy atom. The lowest BCUT2D eigenvalue weighted by Crippen LogP contribution is -2.11. The fourth-order valence-corrected chi connectivity index (χ4v) is 2.40. The van der Waals surface area contributed by atoms with E-state index in [1.807, 2.05) is 0 Å². The van der Waals surface area contributed by atoms with Gasteiger partial charge in [0.2, 0.25) is 0 Å². The van der Waals surface area contributed by atoms with E-state index in [1.165, 1.54) is 38.2 Å². The van der Waals surface area contributed by atoms with Crippen LogP contribution in [-0.4, -0.2) is 21.3 Å². The van der Waals surface area contributed by atoms with Crippen molar-refractivity contribution >= 4 is 5.97 Å². The van der Waals surface area contributed by atoms with Gasteiger partial charge in [0.15, 0.2) is 6.10 Å². The van der Waals surface area contributed by atoms with Gasteiger partial charge in [-0.25, -0.2) is 4.79 Å². The third kappa shape index (κ3) is 6.17. The molecule has 0 amide bonds. The Hall–Kier alpha value is -1.55. The van der Waals surface area contributed by atoms with Crippen LogP contribution in [0.3, 0.4) is 0 Å². The molecule has 21 heavy (non-hydrogen) atoms. The predicted molar refractivity (Wildman–Crippen MR) is 82.4 cm³/mol. The molecule has 0 aliphatic rings. The van der Waals surface area contributed by atoms with Gasteiger partial charge in [-0.15, -0.1) is 0 Å². The first-order valence-corrected chi connectivity index (χ1v) is 7.79. The number of aliphatic hydroxyl groups excluding tert-OH is 1. The number of rotatable bonds is 10. The van der Waals surface area contributed by atoms with E-state index in [2.05, 4.69) is 6.92 Å². The van der Waals surface area contributed by atoms with Crippen molar-refractivity contribution in [2.45, 2.75) is 64.4 Å². The predicted octanol–water partition coefficient (Wildman–Crippen LogP) is 3.80. The zero-order valence-corrected chi connectivity index (χ0v) is 12.7. The highest BCUT2D eigenvalue weighted by Gasteiger charge is 2.19. The number of hydrogen-bond donors (Lipinski definition) is 3. The van der Waals surface area contributed by atoms with Gasteiger partial charge < -0.3 is 15.3 Å². The van der Waals surface area contributed by atoms with Crippen LogP contribution in [0.1, 0.15) is 69.1 Å². The lowest BCUT2D eigenvalue weighted by molar-refractivity contribution is -0.147. The summed E-state index contributed by atoms with van der Waals surface area (Å²) in [4.78, 5) is 10.8. The fourth-order valence-electron chi connectivity index (χ4n) is 2.40. The largest absolute Gasteiger partial charge is 0.508 e. The molecule has 118 valence electrons. The first kappa shape index (κ1) is 17.5. The highest BCUT2D eigenvalue weighted by atomic mass is 16.4. The summed E-state index contributed by atoms with van der Waals surface area (Å²) in [6, 6.07) is 4.83. The minimum Gasteiger partial charge on any atom is -0.508 e. The Labute approximate surface area is 126 Å². The van der Waals surface area contributed by atoms with E-state index in [1.54, 1.807) is 12.1 Å². The summed E-state index contributed by atoms with van der Waals surface area (Å²) < 4.78 is 0. The Morgan fingerprint density at radius 1 is 1.10 bits per heavy atom. The molecule has 4 nitrogen and oxygen atoms in total. The normalized spacial score (nSPS) is 12.3. The minimum absolute atomic E-state index is 0.0722. The quantitative estimate of drug-likeness (QED) is 0.573. The second-order valence-corrected chi connectivity index (χ2v) is 5.51. The van der Waals surface area contributed by atoms with Crippen molar-refractivity contribution in [1.29, 1.82) is 0 Å². The van der Waals surface area contributed by atoms with Crippen LogP contribution in [0.2, 0.25) is 0 Å². The summed E-state index contributed by atoms with van der Waals surface area (Å²) in [6.07, 6.45) is 7.71. The van der Waals surface area contributed by atoms with Gasteiger partial charge in [-0.3, -0.25) is 0 Å². The van der Waals surface area contributed by atoms with Crippen molar-refractivity contribution in [3.63, 3.8) is 0 Å². The molecule has 0 heterocycles. The highest BCUT2D eigenvalue weighted by Crippen LogP contribution is 2.26. The highest BCUT2D eigenvalue weighted by molar-refractivity contribution is 5.75. The number of aryl methyl sites for hydroxylation is 1. The van der Waals surface area contributed by atoms with Gasteiger partial charge in [-0.1, -0.05) is 51.5 Å². The van der Waals surface area contributed by atoms with Crippen molar-refractivity contribution in [2.24, 2.45) is 0 Å². The number of aliphatic hydroxyl groups is 1. The third-order valence-electron chi connectivity index (χ3n) is 3.69. The van der Waals surface area contributed by atoms with Gasteiger partial charge >= 0.3 is 5.97 Å². The summed E-state index contributed by atoms with van der Waals surface area (Å²) in [7, 11) is 0. The van der Waals surface area contributed by atoms with Crippen molar-refractivity contribution in [2.75, 3.05) is 0 Å². The summed E-state index contributed by atoms with van der Waals surface area (Å²) in [5.74, 6) is -1.52. The van der Waals surface area contributed by atoms with Crippen molar-refractivity contribution in [3.05, 3.63) is 29.3 Å². The van der Waals surface area contributed by atoms with Gasteiger partial charge in [0.1, 0.15) is 5.75 Å². The smallest absolute Gasteiger partial charge is 0.337 e. The zero-order chi connectivity index (χ0) is 15.7. The van der Waals surface area contributed by atoms with Gasteiger partial charge in [0.05, 0.1) is 0 Å². The molecule has 1 aromatic carbocycles. The molecule has 0 bridgehead atoms. The Morgan fingerprint density at radius 2 is 1.71 bits per heavy atom. The Kier molecular flexibility index (Phi) is 7.83. The van der Waals surface area contributed by atoms with E-state index < -0.39 is 12.1 Å². The molecule has 1 atom stereocenters. The average molecular weight is 294 g/mol. The number of aromatic hydroxyl groups is 1. The first-order valence-electron chi connectivity index (χ1n) is 7.79. The standard InChI is InChI=1S/C17H26O4/c1-2-3-4-5-6-7-8-9-13-10-11-15(18)14(12-13)16(19)17(20)21/h10-12,16,18-19H,2-9H2,1H3,(H,20,21)/t16-/m1/s1. The summed E-state index contributed by atoms with van der Waals surface area (Å²) in [6.45, 7) is 2.20. The van der Waals surface area contributed by atoms with Crippen LogP contribution >= 0.6 is 0 Å². The summed E-state index contributed by atoms with van der Waals surface area (Å²) in [5, 5.41) is 28.0. The van der Waals surface area contributed by atoms with E-state index >= 15 is 0 Å². The molecular formula is C17H26O4. The Bertz CT molecular complexity index is 442. The number of benzene rings is 1. The van der Waals surface area contributed by atoms with E-state index in [9.17, 15) is 15.0 Å². The minimum atomic E-state index is -1.67. The van der Waals surface area contributed by atoms with Gasteiger partial charge in [0.25, 0.3) is 0 Å². The van der Waals surface area contributed by atoms with Crippen LogP contribution in [-0.2, 0) is 11.2 Å². The van der Waals surface area contributed by atoms with Gasteiger partial charge in [-0.2, -0.15) is 0 Å². The third-order valence-corrected chi connectivity index (χ3v) is 3.69. The number of carboxylic acids is 1. The monoisotopic (exact) mass is 294 g/mol. The molecule has 0 spiro atoms. The second-order valence-electron chi connectivity index (χ2n) is 5.51. The van der Waals surface area contributed by atoms with Crippen LogP contribution in [0.4, 0.5) is 0 Å². The van der Waals surface area contributed by atoms with Gasteiger partial charge in [0, 0.05) is 5.56 Å². The molecule has 0 radical (unpaired) electrons. The van der Waals surface area contributed by atoms with E-state index in [4.69, 9.17) is 5.11 Å². The van der Waals surface area contributed by atoms with E-state index in [0.29, 0.717) is 0 Å². The van der Waals surface area contributed by atoms with Crippen LogP contribution in [0, 0.1) is 0 Å². The van der Waals surface area contributed by atoms with Crippen molar-refractivity contribution < 1.29 is 20.1 Å². The number of phenolic OH excluding ortho intramolecular Hbond substituents is 1. The maximum absolute atomic E-state index is 10.8. The molecule has 0 aromatic heterocycles. The van der Waals surface area contributed by atoms with E-state index in [0.717, 1.165) is 24.8 Å². The number of aliphatic carboxylic acids is 1. The van der Waals surface area contributed by atoms with Crippen LogP contribution in [0.15, 0.2) is 18.2 Å². The maximum Gasteiger partial charge on any atom is 0.337 e. The lowest BCUT2D eigenvalue weighted by Gasteiger charge is -2.10. The van der Waals surface area contributed by atoms with Crippen LogP contribution < -0.4 is 0 Å². The van der Waals surface area contributed by atoms with Crippen LogP contribution in [0.5, 0.6) is 5.75 Å². The number of phenols is 1. The molecule has 0 fully saturated rings. The Balaban J connectivity index is 2.42. The second kappa shape index (κ2) is 9.40. The van der Waals surface area contributed by atoms with Crippen molar-refractivity contribution in [3.8, 4) is 5.75 Å². The maximum atomic E-state index is 10.8. The molecule has 0 aliphatic carbocycles. The molecule has 1 rings (SSSR count). The molecular weight excluding hydrogens is 268 g/mol. The van der Waals surface area contributed by atoms with Crippen molar-refractivity contribution in [1.82, 2.24) is 0 Å². The molecule has 0 saturated heterocycles. The molecule has 1 aromatic rings. The summed E-state index contributed by atoms with van der Waals surface area (Å²) in [5.41, 5.74) is 1.03. The SMILES string of the molecule is CCCCCCCCCc1ccc(O)c([C@@H](O)C(=O)O)c1. The number of carbonyl (C=O) groups is 1. The molecule has 0 unspecified atom stereocenters. The average Bonchev–Trinajstić information content (AvgIpc) is 2.47. The van der Waals surface area contributed by atoms with Gasteiger partial charge in [-0.05, 0) is 30.5 Å². The number of carboxylic acid groups (broad SMARTS) is 1. The molecule has 0 saturated carbocycles. The number of hydrogen-bond acceptors (Lipinski definition) is 3. The fraction of sp³-hybridized carbons (Fsp3) is 0.588. The van der Waals surface area contributed by atoms with Crippen LogP contribution in [0.25, 0.3) is 0 Å². The number of unbranched alkanes of at least 4 members (excludes halogenated alkanes) is 6. The lowest BCUT2D eigenvalue weighted by atomic mass is 10.00. The topological polar surface area (TPSA) is 77.8 Å².